The minimum Gasteiger partial charge on any atom is -0.478 e. The maximum atomic E-state index is 13.6. The predicted octanol–water partition coefficient (Wildman–Crippen LogP) is 4.65. The minimum absolute atomic E-state index is 0.0261. The van der Waals surface area contributed by atoms with Crippen LogP contribution in [0, 0.1) is 17.8 Å². The number of halogens is 3. The molecule has 1 heterocycles. The molecule has 1 unspecified atom stereocenters. The zero-order valence-electron chi connectivity index (χ0n) is 18.9. The highest BCUT2D eigenvalue weighted by Gasteiger charge is 2.45. The number of hydrogen-bond acceptors (Lipinski definition) is 4. The number of alkyl halides is 3. The van der Waals surface area contributed by atoms with Crippen molar-refractivity contribution in [1.82, 2.24) is 4.90 Å². The van der Waals surface area contributed by atoms with Crippen molar-refractivity contribution in [2.75, 3.05) is 24.7 Å². The Hall–Kier alpha value is -3.08. The van der Waals surface area contributed by atoms with Gasteiger partial charge in [0.2, 0.25) is 0 Å². The third-order valence-corrected chi connectivity index (χ3v) is 8.03. The fourth-order valence-corrected chi connectivity index (χ4v) is 5.94. The van der Waals surface area contributed by atoms with E-state index in [0.717, 1.165) is 18.4 Å². The van der Waals surface area contributed by atoms with Gasteiger partial charge >= 0.3 is 18.2 Å². The Morgan fingerprint density at radius 3 is 2.34 bits per heavy atom. The van der Waals surface area contributed by atoms with Crippen LogP contribution < -0.4 is 5.32 Å². The fourth-order valence-electron chi connectivity index (χ4n) is 5.29. The van der Waals surface area contributed by atoms with Crippen LogP contribution in [0.4, 0.5) is 23.7 Å². The summed E-state index contributed by atoms with van der Waals surface area (Å²) in [4.78, 5) is 25.8. The molecule has 1 saturated heterocycles. The molecule has 11 heteroatoms. The smallest absolute Gasteiger partial charge is 0.416 e. The predicted molar refractivity (Wildman–Crippen MR) is 123 cm³/mol. The van der Waals surface area contributed by atoms with Crippen molar-refractivity contribution < 1.29 is 36.3 Å². The highest BCUT2D eigenvalue weighted by atomic mass is 32.2. The fraction of sp³-hybridized carbons (Fsp3) is 0.417. The highest BCUT2D eigenvalue weighted by Crippen LogP contribution is 2.48. The summed E-state index contributed by atoms with van der Waals surface area (Å²) >= 11 is 0. The van der Waals surface area contributed by atoms with Gasteiger partial charge in [-0.15, -0.1) is 0 Å². The Labute approximate surface area is 200 Å². The number of rotatable bonds is 4. The lowest BCUT2D eigenvalue weighted by molar-refractivity contribution is -0.0895. The van der Waals surface area contributed by atoms with E-state index in [0.29, 0.717) is 31.5 Å². The number of aromatic carboxylic acids is 1. The minimum atomic E-state index is -4.42. The van der Waals surface area contributed by atoms with Crippen molar-refractivity contribution >= 4 is 27.5 Å². The van der Waals surface area contributed by atoms with Crippen LogP contribution in [0.1, 0.15) is 29.6 Å². The number of fused-ring (bicyclic) bond motifs is 1. The number of anilines is 1. The van der Waals surface area contributed by atoms with Crippen LogP contribution in [-0.4, -0.2) is 55.9 Å². The van der Waals surface area contributed by atoms with Gasteiger partial charge in [-0.2, -0.15) is 13.2 Å². The van der Waals surface area contributed by atoms with Gasteiger partial charge in [-0.25, -0.2) is 18.0 Å². The lowest BCUT2D eigenvalue weighted by Gasteiger charge is -2.23. The second-order valence-electron chi connectivity index (χ2n) is 9.24. The average molecular weight is 511 g/mol. The second kappa shape index (κ2) is 9.18. The highest BCUT2D eigenvalue weighted by molar-refractivity contribution is 7.90. The molecule has 1 saturated carbocycles. The van der Waals surface area contributed by atoms with Crippen molar-refractivity contribution in [3.8, 4) is 0 Å². The zero-order chi connectivity index (χ0) is 25.5. The summed E-state index contributed by atoms with van der Waals surface area (Å²) in [6.07, 6.45) is 3.77. The van der Waals surface area contributed by atoms with E-state index in [-0.39, 0.29) is 40.3 Å². The molecule has 0 radical (unpaired) electrons. The van der Waals surface area contributed by atoms with Gasteiger partial charge in [-0.3, -0.25) is 0 Å². The summed E-state index contributed by atoms with van der Waals surface area (Å²) in [5, 5.41) is 12.0. The number of sulfone groups is 1. The summed E-state index contributed by atoms with van der Waals surface area (Å²) in [6.45, 7) is 0.717. The van der Waals surface area contributed by atoms with Crippen molar-refractivity contribution in [3.63, 3.8) is 0 Å². The van der Waals surface area contributed by atoms with E-state index in [1.807, 2.05) is 0 Å². The van der Waals surface area contributed by atoms with Gasteiger partial charge in [0.1, 0.15) is 0 Å². The molecule has 3 atom stereocenters. The molecular weight excluding hydrogens is 485 g/mol. The Morgan fingerprint density at radius 1 is 1.11 bits per heavy atom. The molecule has 0 bridgehead atoms. The van der Waals surface area contributed by atoms with Crippen LogP contribution in [0.15, 0.2) is 58.5 Å². The van der Waals surface area contributed by atoms with E-state index in [2.05, 4.69) is 5.32 Å². The normalized spacial score (nSPS) is 24.5. The number of allylic oxidation sites excluding steroid dienone is 6. The summed E-state index contributed by atoms with van der Waals surface area (Å²) in [6, 6.07) is 2.93. The quantitative estimate of drug-likeness (QED) is 0.614. The number of amides is 2. The third-order valence-electron chi connectivity index (χ3n) is 6.92. The average Bonchev–Trinajstić information content (AvgIpc) is 3.22. The molecule has 188 valence electrons. The molecule has 2 amide bonds. The molecular formula is C24H25F3N2O5S. The van der Waals surface area contributed by atoms with Crippen molar-refractivity contribution in [1.29, 1.82) is 0 Å². The van der Waals surface area contributed by atoms with E-state index in [1.165, 1.54) is 23.1 Å². The van der Waals surface area contributed by atoms with E-state index >= 15 is 0 Å². The Balaban J connectivity index is 1.45. The lowest BCUT2D eigenvalue weighted by Crippen LogP contribution is -2.34. The van der Waals surface area contributed by atoms with Crippen molar-refractivity contribution in [3.05, 3.63) is 59.2 Å². The number of nitrogens with zero attached hydrogens (tertiary/aromatic N) is 1. The number of carbonyl (C=O) groups excluding carboxylic acids is 1. The number of likely N-dealkylation sites (tertiary alicyclic amines) is 1. The Morgan fingerprint density at radius 2 is 1.77 bits per heavy atom. The van der Waals surface area contributed by atoms with Crippen molar-refractivity contribution in [2.24, 2.45) is 17.8 Å². The molecule has 35 heavy (non-hydrogen) atoms. The topological polar surface area (TPSA) is 104 Å². The van der Waals surface area contributed by atoms with Crippen LogP contribution in [-0.2, 0) is 9.84 Å². The SMILES string of the molecule is CS(=O)(=O)c1ccc(NC(=O)N2C[C@H]3CC(C4=C(C(F)(F)F)C=CC=CC4)C[C@H]3C2)c(C(=O)O)c1. The maximum absolute atomic E-state index is 13.6. The number of carbonyl (C=O) groups is 2. The Bertz CT molecular complexity index is 1240. The number of nitrogens with one attached hydrogen (secondary N) is 1. The second-order valence-corrected chi connectivity index (χ2v) is 11.3. The van der Waals surface area contributed by atoms with Gasteiger partial charge in [0.25, 0.3) is 0 Å². The Kier molecular flexibility index (Phi) is 6.56. The van der Waals surface area contributed by atoms with Gasteiger partial charge in [0, 0.05) is 19.3 Å². The number of hydrogen-bond donors (Lipinski definition) is 2. The van der Waals surface area contributed by atoms with Crippen LogP contribution in [0.3, 0.4) is 0 Å². The first-order valence-corrected chi connectivity index (χ1v) is 13.0. The molecule has 2 aliphatic carbocycles. The summed E-state index contributed by atoms with van der Waals surface area (Å²) in [5.41, 5.74) is -0.561. The van der Waals surface area contributed by atoms with Crippen LogP contribution in [0.5, 0.6) is 0 Å². The number of carboxylic acid groups (broad SMARTS) is 1. The van der Waals surface area contributed by atoms with Crippen LogP contribution in [0.25, 0.3) is 0 Å². The molecule has 2 fully saturated rings. The molecule has 2 N–H and O–H groups in total. The van der Waals surface area contributed by atoms with Crippen LogP contribution in [0.2, 0.25) is 0 Å². The number of benzene rings is 1. The van der Waals surface area contributed by atoms with Gasteiger partial charge in [0.15, 0.2) is 9.84 Å². The number of urea groups is 1. The number of carboxylic acids is 1. The lowest BCUT2D eigenvalue weighted by atomic mass is 9.89. The first kappa shape index (κ1) is 25.0. The molecule has 7 nitrogen and oxygen atoms in total. The monoisotopic (exact) mass is 510 g/mol. The summed E-state index contributed by atoms with van der Waals surface area (Å²) < 4.78 is 64.3. The molecule has 1 aliphatic heterocycles. The maximum Gasteiger partial charge on any atom is 0.416 e. The largest absolute Gasteiger partial charge is 0.478 e. The third kappa shape index (κ3) is 5.29. The summed E-state index contributed by atoms with van der Waals surface area (Å²) in [5.74, 6) is -1.49. The van der Waals surface area contributed by atoms with Gasteiger partial charge in [-0.05, 0) is 55.2 Å². The first-order valence-electron chi connectivity index (χ1n) is 11.1. The van der Waals surface area contributed by atoms with Gasteiger partial charge in [0.05, 0.1) is 21.7 Å². The summed E-state index contributed by atoms with van der Waals surface area (Å²) in [7, 11) is -3.63. The molecule has 1 aromatic rings. The molecule has 4 rings (SSSR count). The van der Waals surface area contributed by atoms with Crippen molar-refractivity contribution in [2.45, 2.75) is 30.3 Å². The van der Waals surface area contributed by atoms with E-state index in [9.17, 15) is 36.3 Å². The molecule has 3 aliphatic rings. The zero-order valence-corrected chi connectivity index (χ0v) is 19.7. The standard InChI is InChI=1S/C24H25F3N2O5S/c1-35(33,34)17-7-8-21(19(11-17)22(30)31)28-23(32)29-12-15-9-14(10-16(15)13-29)18-5-3-2-4-6-20(18)24(25,26)27/h2-4,6-8,11,14-16H,5,9-10,12-13H2,1H3,(H,28,32)(H,30,31)/t14?,15-,16+. The van der Waals surface area contributed by atoms with E-state index in [1.54, 1.807) is 12.2 Å². The molecule has 0 aromatic heterocycles. The van der Waals surface area contributed by atoms with Crippen LogP contribution >= 0.6 is 0 Å². The van der Waals surface area contributed by atoms with Gasteiger partial charge < -0.3 is 15.3 Å². The van der Waals surface area contributed by atoms with E-state index in [4.69, 9.17) is 0 Å². The molecule has 0 spiro atoms. The first-order chi connectivity index (χ1) is 16.3. The molecule has 1 aromatic carbocycles. The van der Waals surface area contributed by atoms with E-state index < -0.39 is 33.6 Å². The van der Waals surface area contributed by atoms with Gasteiger partial charge in [-0.1, -0.05) is 29.9 Å².